The van der Waals surface area contributed by atoms with Gasteiger partial charge in [-0.3, -0.25) is 0 Å². The fourth-order valence-electron chi connectivity index (χ4n) is 0.498. The van der Waals surface area contributed by atoms with E-state index >= 15 is 0 Å². The maximum absolute atomic E-state index is 9.05. The van der Waals surface area contributed by atoms with Crippen molar-refractivity contribution in [3.05, 3.63) is 6.42 Å². The third-order valence-corrected chi connectivity index (χ3v) is 1.12. The van der Waals surface area contributed by atoms with Gasteiger partial charge in [-0.2, -0.15) is 0 Å². The average molecular weight is 116 g/mol. The molecule has 0 aliphatic rings. The summed E-state index contributed by atoms with van der Waals surface area (Å²) in [5.41, 5.74) is 4.29. The summed E-state index contributed by atoms with van der Waals surface area (Å²) in [5.74, 6) is 0. The molecule has 0 aromatic rings. The zero-order chi connectivity index (χ0) is 6.62. The number of aliphatic hydroxyl groups is 1. The molecule has 0 fully saturated rings. The topological polar surface area (TPSA) is 46.2 Å². The zero-order valence-electron chi connectivity index (χ0n) is 5.52. The Balaban J connectivity index is 3.37. The van der Waals surface area contributed by atoms with Gasteiger partial charge in [0.15, 0.2) is 0 Å². The molecule has 0 heterocycles. The minimum Gasteiger partial charge on any atom is -0.376 e. The van der Waals surface area contributed by atoms with Gasteiger partial charge >= 0.3 is 0 Å². The van der Waals surface area contributed by atoms with E-state index in [0.717, 1.165) is 6.42 Å². The summed E-state index contributed by atoms with van der Waals surface area (Å²) >= 11 is 0. The van der Waals surface area contributed by atoms with Crippen molar-refractivity contribution >= 4 is 0 Å². The Labute approximate surface area is 50.7 Å². The Bertz CT molecular complexity index is 61.5. The van der Waals surface area contributed by atoms with Crippen molar-refractivity contribution in [2.45, 2.75) is 32.4 Å². The summed E-state index contributed by atoms with van der Waals surface area (Å²) in [7, 11) is 0. The lowest BCUT2D eigenvalue weighted by molar-refractivity contribution is 0.0742. The van der Waals surface area contributed by atoms with E-state index in [9.17, 15) is 0 Å². The Morgan fingerprint density at radius 3 is 2.25 bits per heavy atom. The zero-order valence-corrected chi connectivity index (χ0v) is 5.52. The fourth-order valence-corrected chi connectivity index (χ4v) is 0.498. The highest BCUT2D eigenvalue weighted by molar-refractivity contribution is 4.84. The third kappa shape index (κ3) is 2.99. The molecule has 8 heavy (non-hydrogen) atoms. The van der Waals surface area contributed by atoms with Crippen molar-refractivity contribution in [3.63, 3.8) is 0 Å². The highest BCUT2D eigenvalue weighted by atomic mass is 16.3. The van der Waals surface area contributed by atoms with Crippen LogP contribution in [0.4, 0.5) is 0 Å². The second-order valence-electron chi connectivity index (χ2n) is 1.96. The van der Waals surface area contributed by atoms with E-state index in [2.05, 4.69) is 0 Å². The molecule has 3 N–H and O–H groups in total. The van der Waals surface area contributed by atoms with Crippen LogP contribution in [0, 0.1) is 6.42 Å². The van der Waals surface area contributed by atoms with Gasteiger partial charge in [-0.1, -0.05) is 13.8 Å². The van der Waals surface area contributed by atoms with Crippen molar-refractivity contribution in [2.24, 2.45) is 5.73 Å². The monoisotopic (exact) mass is 116 g/mol. The SMILES string of the molecule is CC[CH]C(N)(O)CC. The van der Waals surface area contributed by atoms with Gasteiger partial charge in [0.1, 0.15) is 5.72 Å². The van der Waals surface area contributed by atoms with E-state index in [1.54, 1.807) is 6.42 Å². The molecule has 0 rings (SSSR count). The van der Waals surface area contributed by atoms with Crippen LogP contribution in [0.2, 0.25) is 0 Å². The number of nitrogens with two attached hydrogens (primary N) is 1. The van der Waals surface area contributed by atoms with Gasteiger partial charge in [0.25, 0.3) is 0 Å². The molecule has 0 aliphatic heterocycles. The van der Waals surface area contributed by atoms with Crippen molar-refractivity contribution < 1.29 is 5.11 Å². The summed E-state index contributed by atoms with van der Waals surface area (Å²) < 4.78 is 0. The third-order valence-electron chi connectivity index (χ3n) is 1.12. The van der Waals surface area contributed by atoms with E-state index in [1.807, 2.05) is 13.8 Å². The molecule has 0 spiro atoms. The molecule has 0 bridgehead atoms. The molecule has 2 nitrogen and oxygen atoms in total. The van der Waals surface area contributed by atoms with Crippen molar-refractivity contribution in [1.82, 2.24) is 0 Å². The normalized spacial score (nSPS) is 18.0. The molecular formula is C6H14NO. The molecule has 49 valence electrons. The smallest absolute Gasteiger partial charge is 0.116 e. The van der Waals surface area contributed by atoms with Crippen LogP contribution in [0.5, 0.6) is 0 Å². The molecule has 1 atom stereocenters. The van der Waals surface area contributed by atoms with Crippen molar-refractivity contribution in [3.8, 4) is 0 Å². The van der Waals surface area contributed by atoms with E-state index in [0.29, 0.717) is 6.42 Å². The molecule has 0 saturated carbocycles. The number of hydrogen-bond acceptors (Lipinski definition) is 2. The Morgan fingerprint density at radius 2 is 2.12 bits per heavy atom. The summed E-state index contributed by atoms with van der Waals surface area (Å²) in [6.45, 7) is 3.81. The minimum absolute atomic E-state index is 0.584. The first-order valence-corrected chi connectivity index (χ1v) is 2.98. The maximum Gasteiger partial charge on any atom is 0.116 e. The van der Waals surface area contributed by atoms with Crippen LogP contribution >= 0.6 is 0 Å². The Hall–Kier alpha value is -0.0800. The molecule has 1 unspecified atom stereocenters. The van der Waals surface area contributed by atoms with Gasteiger partial charge in [-0.25, -0.2) is 0 Å². The molecule has 0 saturated heterocycles. The van der Waals surface area contributed by atoms with Gasteiger partial charge in [0.2, 0.25) is 0 Å². The van der Waals surface area contributed by atoms with E-state index in [4.69, 9.17) is 10.8 Å². The van der Waals surface area contributed by atoms with Gasteiger partial charge in [-0.05, 0) is 12.8 Å². The fraction of sp³-hybridized carbons (Fsp3) is 0.833. The standard InChI is InChI=1S/C6H14NO/c1-3-5-6(7,8)4-2/h5,8H,3-4,7H2,1-2H3. The first-order valence-electron chi connectivity index (χ1n) is 2.98. The minimum atomic E-state index is -1.03. The quantitative estimate of drug-likeness (QED) is 0.532. The molecule has 0 amide bonds. The molecule has 2 heteroatoms. The Morgan fingerprint density at radius 1 is 1.62 bits per heavy atom. The van der Waals surface area contributed by atoms with Crippen LogP contribution in [0.25, 0.3) is 0 Å². The lowest BCUT2D eigenvalue weighted by Crippen LogP contribution is -2.38. The van der Waals surface area contributed by atoms with E-state index in [1.165, 1.54) is 0 Å². The molecule has 1 radical (unpaired) electrons. The molecule has 0 aromatic heterocycles. The molecular weight excluding hydrogens is 102 g/mol. The second-order valence-corrected chi connectivity index (χ2v) is 1.96. The highest BCUT2D eigenvalue weighted by Crippen LogP contribution is 2.06. The Kier molecular flexibility index (Phi) is 3.02. The van der Waals surface area contributed by atoms with Gasteiger partial charge in [0, 0.05) is 6.42 Å². The van der Waals surface area contributed by atoms with Crippen LogP contribution in [-0.2, 0) is 0 Å². The van der Waals surface area contributed by atoms with E-state index in [-0.39, 0.29) is 0 Å². The van der Waals surface area contributed by atoms with E-state index < -0.39 is 5.72 Å². The summed E-state index contributed by atoms with van der Waals surface area (Å²) in [4.78, 5) is 0. The van der Waals surface area contributed by atoms with Crippen molar-refractivity contribution in [2.75, 3.05) is 0 Å². The lowest BCUT2D eigenvalue weighted by atomic mass is 10.1. The van der Waals surface area contributed by atoms with Crippen molar-refractivity contribution in [1.29, 1.82) is 0 Å². The lowest BCUT2D eigenvalue weighted by Gasteiger charge is -2.18. The van der Waals surface area contributed by atoms with Gasteiger partial charge in [-0.15, -0.1) is 0 Å². The largest absolute Gasteiger partial charge is 0.376 e. The predicted octanol–water partition coefficient (Wildman–Crippen LogP) is 0.658. The van der Waals surface area contributed by atoms with Crippen LogP contribution in [0.3, 0.4) is 0 Å². The summed E-state index contributed by atoms with van der Waals surface area (Å²) in [6, 6.07) is 0. The van der Waals surface area contributed by atoms with Crippen LogP contribution in [0.15, 0.2) is 0 Å². The van der Waals surface area contributed by atoms with Crippen LogP contribution in [-0.4, -0.2) is 10.8 Å². The second kappa shape index (κ2) is 3.05. The summed E-state index contributed by atoms with van der Waals surface area (Å²) in [6.07, 6.45) is 3.11. The van der Waals surface area contributed by atoms with Crippen LogP contribution in [0.1, 0.15) is 26.7 Å². The van der Waals surface area contributed by atoms with Gasteiger partial charge in [0.05, 0.1) is 0 Å². The predicted molar refractivity (Wildman–Crippen MR) is 34.0 cm³/mol. The highest BCUT2D eigenvalue weighted by Gasteiger charge is 2.15. The number of hydrogen-bond donors (Lipinski definition) is 2. The summed E-state index contributed by atoms with van der Waals surface area (Å²) in [5, 5.41) is 9.05. The van der Waals surface area contributed by atoms with Gasteiger partial charge < -0.3 is 10.8 Å². The maximum atomic E-state index is 9.05. The molecule has 0 aromatic carbocycles. The molecule has 0 aliphatic carbocycles. The average Bonchev–Trinajstić information content (AvgIpc) is 1.67. The first-order chi connectivity index (χ1) is 3.62. The first kappa shape index (κ1) is 7.92. The van der Waals surface area contributed by atoms with Crippen LogP contribution < -0.4 is 5.73 Å². The number of rotatable bonds is 3.